The van der Waals surface area contributed by atoms with E-state index in [-0.39, 0.29) is 0 Å². The van der Waals surface area contributed by atoms with Crippen molar-refractivity contribution in [2.45, 2.75) is 13.0 Å². The van der Waals surface area contributed by atoms with Gasteiger partial charge in [0.1, 0.15) is 12.4 Å². The number of rotatable bonds is 3. The topological polar surface area (TPSA) is 49.8 Å². The first kappa shape index (κ1) is 11.5. The molecule has 0 unspecified atom stereocenters. The van der Waals surface area contributed by atoms with Gasteiger partial charge in [-0.3, -0.25) is 0 Å². The molecule has 90 valence electrons. The fraction of sp³-hybridized carbons (Fsp3) is 0.308. The Morgan fingerprint density at radius 3 is 3.12 bits per heavy atom. The van der Waals surface area contributed by atoms with E-state index in [9.17, 15) is 4.79 Å². The van der Waals surface area contributed by atoms with Crippen molar-refractivity contribution in [1.82, 2.24) is 4.90 Å². The van der Waals surface area contributed by atoms with Gasteiger partial charge in [-0.15, -0.1) is 0 Å². The molecule has 0 atom stereocenters. The van der Waals surface area contributed by atoms with Gasteiger partial charge in [0.2, 0.25) is 0 Å². The largest absolute Gasteiger partial charge is 0.489 e. The lowest BCUT2D eigenvalue weighted by atomic mass is 9.99. The van der Waals surface area contributed by atoms with Gasteiger partial charge in [0.15, 0.2) is 0 Å². The summed E-state index contributed by atoms with van der Waals surface area (Å²) in [6.07, 6.45) is 1.54. The molecule has 0 aromatic heterocycles. The van der Waals surface area contributed by atoms with Crippen LogP contribution in [0.15, 0.2) is 30.9 Å². The maximum atomic E-state index is 10.9. The predicted molar refractivity (Wildman–Crippen MR) is 64.3 cm³/mol. The zero-order valence-corrected chi connectivity index (χ0v) is 9.56. The Balaban J connectivity index is 2.22. The Kier molecular flexibility index (Phi) is 3.32. The SMILES string of the molecule is C=CCOc1cccc2c1CCN(C(=O)O)C2. The summed E-state index contributed by atoms with van der Waals surface area (Å²) in [4.78, 5) is 12.3. The number of ether oxygens (including phenoxy) is 1. The minimum atomic E-state index is -0.868. The standard InChI is InChI=1S/C13H15NO3/c1-2-8-17-12-5-3-4-10-9-14(13(15)16)7-6-11(10)12/h2-5H,1,6-9H2,(H,15,16). The number of carbonyl (C=O) groups is 1. The summed E-state index contributed by atoms with van der Waals surface area (Å²) in [7, 11) is 0. The third kappa shape index (κ3) is 2.41. The number of nitrogens with zero attached hydrogens (tertiary/aromatic N) is 1. The maximum Gasteiger partial charge on any atom is 0.407 e. The summed E-state index contributed by atoms with van der Waals surface area (Å²) in [5.74, 6) is 0.840. The molecule has 4 nitrogen and oxygen atoms in total. The molecule has 1 aromatic rings. The van der Waals surface area contributed by atoms with Crippen LogP contribution in [0.2, 0.25) is 0 Å². The van der Waals surface area contributed by atoms with Crippen molar-refractivity contribution < 1.29 is 14.6 Å². The van der Waals surface area contributed by atoms with Gasteiger partial charge in [-0.05, 0) is 18.1 Å². The Bertz CT molecular complexity index is 442. The average molecular weight is 233 g/mol. The van der Waals surface area contributed by atoms with E-state index in [2.05, 4.69) is 6.58 Å². The van der Waals surface area contributed by atoms with Crippen LogP contribution in [-0.4, -0.2) is 29.3 Å². The summed E-state index contributed by atoms with van der Waals surface area (Å²) in [6.45, 7) is 5.05. The van der Waals surface area contributed by atoms with E-state index in [4.69, 9.17) is 9.84 Å². The van der Waals surface area contributed by atoms with E-state index in [0.717, 1.165) is 16.9 Å². The minimum absolute atomic E-state index is 0.440. The third-order valence-corrected chi connectivity index (χ3v) is 2.85. The maximum absolute atomic E-state index is 10.9. The van der Waals surface area contributed by atoms with Crippen molar-refractivity contribution in [3.63, 3.8) is 0 Å². The van der Waals surface area contributed by atoms with Crippen LogP contribution in [0.1, 0.15) is 11.1 Å². The summed E-state index contributed by atoms with van der Waals surface area (Å²) in [5, 5.41) is 8.96. The van der Waals surface area contributed by atoms with E-state index in [1.54, 1.807) is 6.08 Å². The zero-order chi connectivity index (χ0) is 12.3. The first-order chi connectivity index (χ1) is 8.22. The van der Waals surface area contributed by atoms with Crippen molar-refractivity contribution in [3.05, 3.63) is 42.0 Å². The molecule has 0 fully saturated rings. The minimum Gasteiger partial charge on any atom is -0.489 e. The highest BCUT2D eigenvalue weighted by Gasteiger charge is 2.22. The second-order valence-electron chi connectivity index (χ2n) is 3.95. The molecule has 1 aliphatic heterocycles. The molecule has 1 heterocycles. The Morgan fingerprint density at radius 2 is 2.41 bits per heavy atom. The lowest BCUT2D eigenvalue weighted by Gasteiger charge is -2.27. The lowest BCUT2D eigenvalue weighted by molar-refractivity contribution is 0.139. The molecule has 4 heteroatoms. The zero-order valence-electron chi connectivity index (χ0n) is 9.56. The van der Waals surface area contributed by atoms with Crippen molar-refractivity contribution >= 4 is 6.09 Å². The normalized spacial score (nSPS) is 14.0. The summed E-state index contributed by atoms with van der Waals surface area (Å²) >= 11 is 0. The summed E-state index contributed by atoms with van der Waals surface area (Å²) in [6, 6.07) is 5.76. The molecule has 0 saturated carbocycles. The molecule has 1 aliphatic rings. The van der Waals surface area contributed by atoms with Gasteiger partial charge in [0, 0.05) is 18.7 Å². The first-order valence-corrected chi connectivity index (χ1v) is 5.54. The molecule has 1 amide bonds. The van der Waals surface area contributed by atoms with Crippen molar-refractivity contribution in [1.29, 1.82) is 0 Å². The van der Waals surface area contributed by atoms with E-state index in [1.165, 1.54) is 4.90 Å². The molecule has 1 aromatic carbocycles. The van der Waals surface area contributed by atoms with E-state index in [0.29, 0.717) is 26.1 Å². The number of hydrogen-bond donors (Lipinski definition) is 1. The van der Waals surface area contributed by atoms with Gasteiger partial charge in [-0.25, -0.2) is 4.79 Å². The monoisotopic (exact) mass is 233 g/mol. The van der Waals surface area contributed by atoms with Crippen LogP contribution in [-0.2, 0) is 13.0 Å². The predicted octanol–water partition coefficient (Wildman–Crippen LogP) is 2.29. The Hall–Kier alpha value is -1.97. The van der Waals surface area contributed by atoms with Gasteiger partial charge < -0.3 is 14.7 Å². The second kappa shape index (κ2) is 4.91. The van der Waals surface area contributed by atoms with Gasteiger partial charge >= 0.3 is 6.09 Å². The molecular formula is C13H15NO3. The van der Waals surface area contributed by atoms with Crippen LogP contribution in [0.4, 0.5) is 4.79 Å². The number of hydrogen-bond acceptors (Lipinski definition) is 2. The molecule has 0 radical (unpaired) electrons. The van der Waals surface area contributed by atoms with Gasteiger partial charge in [0.25, 0.3) is 0 Å². The molecule has 0 spiro atoms. The summed E-state index contributed by atoms with van der Waals surface area (Å²) < 4.78 is 5.57. The van der Waals surface area contributed by atoms with Gasteiger partial charge in [-0.1, -0.05) is 24.8 Å². The molecule has 0 aliphatic carbocycles. The van der Waals surface area contributed by atoms with E-state index >= 15 is 0 Å². The molecular weight excluding hydrogens is 218 g/mol. The molecule has 1 N–H and O–H groups in total. The Labute approximate surface area is 100 Å². The number of carboxylic acid groups (broad SMARTS) is 1. The van der Waals surface area contributed by atoms with Crippen LogP contribution < -0.4 is 4.74 Å². The fourth-order valence-electron chi connectivity index (χ4n) is 2.02. The smallest absolute Gasteiger partial charge is 0.407 e. The molecule has 0 bridgehead atoms. The highest BCUT2D eigenvalue weighted by molar-refractivity contribution is 5.65. The van der Waals surface area contributed by atoms with Crippen molar-refractivity contribution in [3.8, 4) is 5.75 Å². The first-order valence-electron chi connectivity index (χ1n) is 5.54. The van der Waals surface area contributed by atoms with Crippen LogP contribution in [0.25, 0.3) is 0 Å². The highest BCUT2D eigenvalue weighted by atomic mass is 16.5. The summed E-state index contributed by atoms with van der Waals surface area (Å²) in [5.41, 5.74) is 2.15. The van der Waals surface area contributed by atoms with Crippen LogP contribution >= 0.6 is 0 Å². The van der Waals surface area contributed by atoms with Crippen LogP contribution in [0, 0.1) is 0 Å². The van der Waals surface area contributed by atoms with Crippen molar-refractivity contribution in [2.75, 3.05) is 13.2 Å². The molecule has 2 rings (SSSR count). The van der Waals surface area contributed by atoms with Gasteiger partial charge in [-0.2, -0.15) is 0 Å². The lowest BCUT2D eigenvalue weighted by Crippen LogP contribution is -2.34. The average Bonchev–Trinajstić information content (AvgIpc) is 2.35. The number of benzene rings is 1. The third-order valence-electron chi connectivity index (χ3n) is 2.85. The fourth-order valence-corrected chi connectivity index (χ4v) is 2.02. The van der Waals surface area contributed by atoms with Crippen LogP contribution in [0.5, 0.6) is 5.75 Å². The van der Waals surface area contributed by atoms with Crippen LogP contribution in [0.3, 0.4) is 0 Å². The quantitative estimate of drug-likeness (QED) is 0.815. The van der Waals surface area contributed by atoms with E-state index in [1.807, 2.05) is 18.2 Å². The second-order valence-corrected chi connectivity index (χ2v) is 3.95. The van der Waals surface area contributed by atoms with E-state index < -0.39 is 6.09 Å². The highest BCUT2D eigenvalue weighted by Crippen LogP contribution is 2.27. The Morgan fingerprint density at radius 1 is 1.59 bits per heavy atom. The number of amides is 1. The van der Waals surface area contributed by atoms with Gasteiger partial charge in [0.05, 0.1) is 0 Å². The molecule has 17 heavy (non-hydrogen) atoms. The number of fused-ring (bicyclic) bond motifs is 1. The van der Waals surface area contributed by atoms with Crippen molar-refractivity contribution in [2.24, 2.45) is 0 Å². The molecule has 0 saturated heterocycles.